The number of nitrogens with one attached hydrogen (secondary N) is 1. The second-order valence-corrected chi connectivity index (χ2v) is 5.97. The quantitative estimate of drug-likeness (QED) is 0.798. The number of carbonyl (C=O) groups excluding carboxylic acids is 1. The Morgan fingerprint density at radius 1 is 1.04 bits per heavy atom. The van der Waals surface area contributed by atoms with E-state index >= 15 is 0 Å². The van der Waals surface area contributed by atoms with Gasteiger partial charge in [-0.25, -0.2) is 0 Å². The van der Waals surface area contributed by atoms with Crippen LogP contribution in [0.25, 0.3) is 0 Å². The SMILES string of the molecule is COc1cccc(OC(C)C(=O)NC(C)COc2ccc(C)cc2)c1. The van der Waals surface area contributed by atoms with Crippen LogP contribution < -0.4 is 19.5 Å². The first-order chi connectivity index (χ1) is 12.0. The third kappa shape index (κ3) is 6.03. The summed E-state index contributed by atoms with van der Waals surface area (Å²) in [6.45, 7) is 6.02. The molecule has 1 amide bonds. The number of hydrogen-bond donors (Lipinski definition) is 1. The first-order valence-electron chi connectivity index (χ1n) is 8.28. The zero-order valence-electron chi connectivity index (χ0n) is 15.1. The Labute approximate surface area is 148 Å². The van der Waals surface area contributed by atoms with E-state index < -0.39 is 6.10 Å². The van der Waals surface area contributed by atoms with E-state index in [1.807, 2.05) is 50.2 Å². The zero-order valence-corrected chi connectivity index (χ0v) is 15.1. The second-order valence-electron chi connectivity index (χ2n) is 5.97. The van der Waals surface area contributed by atoms with Crippen molar-refractivity contribution in [1.82, 2.24) is 5.32 Å². The van der Waals surface area contributed by atoms with Crippen LogP contribution in [0.2, 0.25) is 0 Å². The maximum Gasteiger partial charge on any atom is 0.261 e. The summed E-state index contributed by atoms with van der Waals surface area (Å²) in [6, 6.07) is 14.8. The molecule has 0 aliphatic carbocycles. The molecule has 0 aliphatic rings. The minimum Gasteiger partial charge on any atom is -0.497 e. The average molecular weight is 343 g/mol. The fourth-order valence-corrected chi connectivity index (χ4v) is 2.19. The van der Waals surface area contributed by atoms with Crippen molar-refractivity contribution >= 4 is 5.91 Å². The van der Waals surface area contributed by atoms with Gasteiger partial charge in [0.2, 0.25) is 0 Å². The van der Waals surface area contributed by atoms with Gasteiger partial charge in [-0.2, -0.15) is 0 Å². The van der Waals surface area contributed by atoms with Crippen LogP contribution >= 0.6 is 0 Å². The summed E-state index contributed by atoms with van der Waals surface area (Å²) in [7, 11) is 1.59. The number of methoxy groups -OCH3 is 1. The predicted octanol–water partition coefficient (Wildman–Crippen LogP) is 3.35. The van der Waals surface area contributed by atoms with E-state index in [1.54, 1.807) is 26.2 Å². The number of benzene rings is 2. The highest BCUT2D eigenvalue weighted by atomic mass is 16.5. The van der Waals surface area contributed by atoms with Gasteiger partial charge in [0.15, 0.2) is 6.10 Å². The van der Waals surface area contributed by atoms with Crippen LogP contribution in [-0.2, 0) is 4.79 Å². The molecule has 25 heavy (non-hydrogen) atoms. The average Bonchev–Trinajstić information content (AvgIpc) is 2.61. The van der Waals surface area contributed by atoms with Crippen LogP contribution in [0.3, 0.4) is 0 Å². The molecule has 0 fully saturated rings. The number of ether oxygens (including phenoxy) is 3. The molecule has 0 aromatic heterocycles. The number of carbonyl (C=O) groups is 1. The highest BCUT2D eigenvalue weighted by Gasteiger charge is 2.17. The zero-order chi connectivity index (χ0) is 18.2. The van der Waals surface area contributed by atoms with E-state index in [1.165, 1.54) is 5.56 Å². The normalized spacial score (nSPS) is 12.8. The summed E-state index contributed by atoms with van der Waals surface area (Å²) in [5, 5.41) is 2.89. The van der Waals surface area contributed by atoms with Gasteiger partial charge in [0.25, 0.3) is 5.91 Å². The lowest BCUT2D eigenvalue weighted by atomic mass is 10.2. The Morgan fingerprint density at radius 3 is 2.40 bits per heavy atom. The third-order valence-corrected chi connectivity index (χ3v) is 3.63. The van der Waals surface area contributed by atoms with Crippen LogP contribution in [0.1, 0.15) is 19.4 Å². The third-order valence-electron chi connectivity index (χ3n) is 3.63. The molecule has 0 saturated carbocycles. The summed E-state index contributed by atoms with van der Waals surface area (Å²) < 4.78 is 16.5. The number of amides is 1. The van der Waals surface area contributed by atoms with Gasteiger partial charge in [0.05, 0.1) is 13.2 Å². The van der Waals surface area contributed by atoms with Crippen molar-refractivity contribution < 1.29 is 19.0 Å². The van der Waals surface area contributed by atoms with Gasteiger partial charge in [0.1, 0.15) is 23.9 Å². The van der Waals surface area contributed by atoms with E-state index in [0.29, 0.717) is 18.1 Å². The van der Waals surface area contributed by atoms with Crippen LogP contribution in [0.5, 0.6) is 17.2 Å². The van der Waals surface area contributed by atoms with Crippen molar-refractivity contribution in [3.63, 3.8) is 0 Å². The van der Waals surface area contributed by atoms with Gasteiger partial charge in [-0.05, 0) is 45.0 Å². The van der Waals surface area contributed by atoms with E-state index in [9.17, 15) is 4.79 Å². The second kappa shape index (κ2) is 8.97. The summed E-state index contributed by atoms with van der Waals surface area (Å²) >= 11 is 0. The van der Waals surface area contributed by atoms with E-state index in [2.05, 4.69) is 5.32 Å². The van der Waals surface area contributed by atoms with Crippen LogP contribution in [-0.4, -0.2) is 31.8 Å². The molecule has 134 valence electrons. The molecule has 0 heterocycles. The van der Waals surface area contributed by atoms with Gasteiger partial charge in [0, 0.05) is 6.07 Å². The summed E-state index contributed by atoms with van der Waals surface area (Å²) in [6.07, 6.45) is -0.617. The highest BCUT2D eigenvalue weighted by molar-refractivity contribution is 5.81. The summed E-state index contributed by atoms with van der Waals surface area (Å²) in [5.74, 6) is 1.87. The number of hydrogen-bond acceptors (Lipinski definition) is 4. The van der Waals surface area contributed by atoms with Gasteiger partial charge in [-0.15, -0.1) is 0 Å². The minimum atomic E-state index is -0.617. The monoisotopic (exact) mass is 343 g/mol. The standard InChI is InChI=1S/C20H25NO4/c1-14-8-10-17(11-9-14)24-13-15(2)21-20(22)16(3)25-19-7-5-6-18(12-19)23-4/h5-12,15-16H,13H2,1-4H3,(H,21,22). The fourth-order valence-electron chi connectivity index (χ4n) is 2.19. The first kappa shape index (κ1) is 18.6. The lowest BCUT2D eigenvalue weighted by Crippen LogP contribution is -2.43. The van der Waals surface area contributed by atoms with Crippen molar-refractivity contribution in [3.05, 3.63) is 54.1 Å². The van der Waals surface area contributed by atoms with Crippen molar-refractivity contribution in [1.29, 1.82) is 0 Å². The molecule has 0 aliphatic heterocycles. The molecule has 2 atom stereocenters. The van der Waals surface area contributed by atoms with Gasteiger partial charge >= 0.3 is 0 Å². The minimum absolute atomic E-state index is 0.134. The maximum atomic E-state index is 12.2. The molecule has 2 rings (SSSR count). The molecule has 2 unspecified atom stereocenters. The van der Waals surface area contributed by atoms with Crippen molar-refractivity contribution in [2.75, 3.05) is 13.7 Å². The molecule has 5 heteroatoms. The Morgan fingerprint density at radius 2 is 1.72 bits per heavy atom. The number of aryl methyl sites for hydroxylation is 1. The molecule has 2 aromatic carbocycles. The van der Waals surface area contributed by atoms with E-state index in [-0.39, 0.29) is 11.9 Å². The largest absolute Gasteiger partial charge is 0.497 e. The highest BCUT2D eigenvalue weighted by Crippen LogP contribution is 2.20. The molecule has 0 spiro atoms. The van der Waals surface area contributed by atoms with Crippen molar-refractivity contribution in [3.8, 4) is 17.2 Å². The molecule has 5 nitrogen and oxygen atoms in total. The molecular formula is C20H25NO4. The van der Waals surface area contributed by atoms with Crippen molar-refractivity contribution in [2.24, 2.45) is 0 Å². The topological polar surface area (TPSA) is 56.8 Å². The summed E-state index contributed by atoms with van der Waals surface area (Å²) in [4.78, 5) is 12.2. The van der Waals surface area contributed by atoms with Gasteiger partial charge < -0.3 is 19.5 Å². The Kier molecular flexibility index (Phi) is 6.69. The molecule has 0 bridgehead atoms. The van der Waals surface area contributed by atoms with Crippen LogP contribution in [0.4, 0.5) is 0 Å². The van der Waals surface area contributed by atoms with Gasteiger partial charge in [-0.1, -0.05) is 23.8 Å². The lowest BCUT2D eigenvalue weighted by Gasteiger charge is -2.19. The molecule has 0 saturated heterocycles. The van der Waals surface area contributed by atoms with Gasteiger partial charge in [-0.3, -0.25) is 4.79 Å². The molecule has 0 radical (unpaired) electrons. The smallest absolute Gasteiger partial charge is 0.261 e. The van der Waals surface area contributed by atoms with Crippen LogP contribution in [0.15, 0.2) is 48.5 Å². The lowest BCUT2D eigenvalue weighted by molar-refractivity contribution is -0.128. The van der Waals surface area contributed by atoms with Crippen LogP contribution in [0, 0.1) is 6.92 Å². The Bertz CT molecular complexity index is 684. The maximum absolute atomic E-state index is 12.2. The molecular weight excluding hydrogens is 318 g/mol. The molecule has 1 N–H and O–H groups in total. The Hall–Kier alpha value is -2.69. The molecule has 2 aromatic rings. The fraction of sp³-hybridized carbons (Fsp3) is 0.350. The number of rotatable bonds is 8. The van der Waals surface area contributed by atoms with E-state index in [0.717, 1.165) is 5.75 Å². The first-order valence-corrected chi connectivity index (χ1v) is 8.28. The predicted molar refractivity (Wildman–Crippen MR) is 97.4 cm³/mol. The van der Waals surface area contributed by atoms with E-state index in [4.69, 9.17) is 14.2 Å². The Balaban J connectivity index is 1.80. The van der Waals surface area contributed by atoms with Crippen molar-refractivity contribution in [2.45, 2.75) is 32.9 Å². The summed E-state index contributed by atoms with van der Waals surface area (Å²) in [5.41, 5.74) is 1.18.